The predicted octanol–water partition coefficient (Wildman–Crippen LogP) is 5.20. The van der Waals surface area contributed by atoms with E-state index in [1.165, 1.54) is 12.1 Å². The molecular formula is C38H30N8O10S2. The van der Waals surface area contributed by atoms with Crippen molar-refractivity contribution >= 4 is 65.0 Å². The summed E-state index contributed by atoms with van der Waals surface area (Å²) < 4.78 is 51.4. The lowest BCUT2D eigenvalue weighted by Crippen LogP contribution is -2.41. The number of nitro groups is 2. The summed E-state index contributed by atoms with van der Waals surface area (Å²) in [6.45, 7) is 1.94. The Morgan fingerprint density at radius 2 is 0.983 bits per heavy atom. The Kier molecular flexibility index (Phi) is 10.3. The van der Waals surface area contributed by atoms with Gasteiger partial charge in [0.1, 0.15) is 0 Å². The van der Waals surface area contributed by atoms with Crippen molar-refractivity contribution in [1.82, 2.24) is 30.5 Å². The van der Waals surface area contributed by atoms with Crippen LogP contribution in [0, 0.1) is 27.2 Å². The summed E-state index contributed by atoms with van der Waals surface area (Å²) in [5.74, 6) is -2.06. The highest BCUT2D eigenvalue weighted by Gasteiger charge is 2.26. The molecule has 0 aliphatic carbocycles. The van der Waals surface area contributed by atoms with Crippen molar-refractivity contribution in [3.8, 4) is 0 Å². The molecule has 0 atom stereocenters. The molecule has 0 aliphatic heterocycles. The summed E-state index contributed by atoms with van der Waals surface area (Å²) in [6.07, 6.45) is 3.58. The molecular weight excluding hydrogens is 793 g/mol. The van der Waals surface area contributed by atoms with Gasteiger partial charge in [-0.25, -0.2) is 16.8 Å². The van der Waals surface area contributed by atoms with Gasteiger partial charge in [0.25, 0.3) is 43.2 Å². The van der Waals surface area contributed by atoms with Crippen LogP contribution < -0.4 is 20.5 Å². The van der Waals surface area contributed by atoms with Crippen LogP contribution in [-0.4, -0.2) is 48.5 Å². The second-order valence-corrected chi connectivity index (χ2v) is 16.3. The maximum Gasteiger partial charge on any atom is 0.269 e. The number of amides is 2. The van der Waals surface area contributed by atoms with Gasteiger partial charge in [0.15, 0.2) is 0 Å². The third-order valence-corrected chi connectivity index (χ3v) is 11.8. The lowest BCUT2D eigenvalue weighted by molar-refractivity contribution is -0.385. The maximum absolute atomic E-state index is 13.3. The minimum Gasteiger partial charge on any atom is -0.361 e. The van der Waals surface area contributed by atoms with Gasteiger partial charge < -0.3 is 9.97 Å². The number of nitrogens with one attached hydrogen (secondary N) is 6. The Hall–Kier alpha value is -7.26. The molecule has 58 heavy (non-hydrogen) atoms. The van der Waals surface area contributed by atoms with Crippen LogP contribution in [0.15, 0.2) is 131 Å². The van der Waals surface area contributed by atoms with E-state index in [4.69, 9.17) is 0 Å². The molecule has 0 saturated heterocycles. The third-order valence-electron chi connectivity index (χ3n) is 9.30. The molecule has 5 aromatic carbocycles. The standard InChI is InChI=1S/C38H30N8O10S2/c1-22-2-4-23(5-3-22)36(32-20-39-34-16-6-24(18-30(32)34)37(47)41-43-57(53,54)28-12-8-26(9-13-28)45(49)50)33-21-40-35-17-7-25(19-31(33)35)38(48)42-44-58(55,56)29-14-10-27(11-15-29)46(51)52/h2-21,36,39-40,43-44H,1H3,(H,41,47)(H,42,48). The molecule has 0 fully saturated rings. The molecule has 294 valence electrons. The van der Waals surface area contributed by atoms with E-state index in [-0.39, 0.29) is 32.3 Å². The third kappa shape index (κ3) is 7.88. The molecule has 0 saturated carbocycles. The van der Waals surface area contributed by atoms with Crippen LogP contribution in [0.3, 0.4) is 0 Å². The fourth-order valence-corrected chi connectivity index (χ4v) is 7.99. The van der Waals surface area contributed by atoms with Crippen molar-refractivity contribution in [2.75, 3.05) is 0 Å². The monoisotopic (exact) mass is 822 g/mol. The van der Waals surface area contributed by atoms with Crippen molar-refractivity contribution in [3.05, 3.63) is 175 Å². The highest BCUT2D eigenvalue weighted by Crippen LogP contribution is 2.40. The van der Waals surface area contributed by atoms with E-state index in [9.17, 15) is 46.7 Å². The number of aromatic nitrogens is 2. The molecule has 6 N–H and O–H groups in total. The van der Waals surface area contributed by atoms with Crippen molar-refractivity contribution in [2.24, 2.45) is 0 Å². The molecule has 0 radical (unpaired) electrons. The Morgan fingerprint density at radius 3 is 1.36 bits per heavy atom. The number of rotatable bonds is 13. The number of nitrogens with zero attached hydrogens (tertiary/aromatic N) is 2. The minimum atomic E-state index is -4.28. The first-order valence-electron chi connectivity index (χ1n) is 17.0. The van der Waals surface area contributed by atoms with Gasteiger partial charge in [-0.05, 0) is 84.3 Å². The van der Waals surface area contributed by atoms with Crippen molar-refractivity contribution in [2.45, 2.75) is 22.6 Å². The zero-order valence-corrected chi connectivity index (χ0v) is 31.6. The van der Waals surface area contributed by atoms with E-state index in [1.807, 2.05) is 40.9 Å². The molecule has 0 aliphatic rings. The first-order valence-corrected chi connectivity index (χ1v) is 20.0. The normalized spacial score (nSPS) is 11.8. The van der Waals surface area contributed by atoms with Gasteiger partial charge in [-0.3, -0.25) is 40.7 Å². The zero-order chi connectivity index (χ0) is 41.4. The minimum absolute atomic E-state index is 0.108. The van der Waals surface area contributed by atoms with Crippen LogP contribution in [0.1, 0.15) is 48.9 Å². The second kappa shape index (κ2) is 15.3. The van der Waals surface area contributed by atoms with Crippen LogP contribution in [0.5, 0.6) is 0 Å². The molecule has 18 nitrogen and oxygen atoms in total. The van der Waals surface area contributed by atoms with Crippen molar-refractivity contribution in [1.29, 1.82) is 0 Å². The number of aryl methyl sites for hydroxylation is 1. The highest BCUT2D eigenvalue weighted by molar-refractivity contribution is 7.89. The van der Waals surface area contributed by atoms with Crippen molar-refractivity contribution in [3.63, 3.8) is 0 Å². The Balaban J connectivity index is 1.18. The number of hydrogen-bond donors (Lipinski definition) is 6. The zero-order valence-electron chi connectivity index (χ0n) is 29.9. The van der Waals surface area contributed by atoms with Crippen LogP contribution >= 0.6 is 0 Å². The van der Waals surface area contributed by atoms with E-state index >= 15 is 0 Å². The first kappa shape index (κ1) is 39.0. The number of hydrazine groups is 2. The van der Waals surface area contributed by atoms with Gasteiger partial charge in [-0.15, -0.1) is 9.66 Å². The molecule has 2 heterocycles. The predicted molar refractivity (Wildman–Crippen MR) is 210 cm³/mol. The van der Waals surface area contributed by atoms with Gasteiger partial charge in [0.05, 0.1) is 19.6 Å². The summed E-state index contributed by atoms with van der Waals surface area (Å²) in [7, 11) is -8.57. The SMILES string of the molecule is Cc1ccc(C(c2c[nH]c3ccc(C(=O)NNS(=O)(=O)c4ccc([N+](=O)[O-])cc4)cc23)c2c[nH]c3ccc(C(=O)NNS(=O)(=O)c4ccc([N+](=O)[O-])cc4)cc23)cc1. The number of benzene rings is 5. The molecule has 2 aromatic heterocycles. The van der Waals surface area contributed by atoms with E-state index in [0.29, 0.717) is 21.8 Å². The number of H-pyrrole nitrogens is 2. The molecule has 7 rings (SSSR count). The van der Waals surface area contributed by atoms with E-state index < -0.39 is 47.6 Å². The highest BCUT2D eigenvalue weighted by atomic mass is 32.2. The number of nitro benzene ring substituents is 2. The van der Waals surface area contributed by atoms with E-state index in [1.54, 1.807) is 36.7 Å². The Bertz CT molecular complexity index is 2800. The van der Waals surface area contributed by atoms with Crippen LogP contribution in [0.4, 0.5) is 11.4 Å². The molecule has 2 amide bonds. The number of fused-ring (bicyclic) bond motifs is 2. The van der Waals surface area contributed by atoms with Gasteiger partial charge in [-0.1, -0.05) is 29.8 Å². The summed E-state index contributed by atoms with van der Waals surface area (Å²) >= 11 is 0. The van der Waals surface area contributed by atoms with Gasteiger partial charge in [-0.2, -0.15) is 0 Å². The number of hydrogen-bond acceptors (Lipinski definition) is 10. The maximum atomic E-state index is 13.3. The summed E-state index contributed by atoms with van der Waals surface area (Å²) in [6, 6.07) is 25.6. The summed E-state index contributed by atoms with van der Waals surface area (Å²) in [4.78, 5) is 57.1. The van der Waals surface area contributed by atoms with Gasteiger partial charge >= 0.3 is 0 Å². The first-order chi connectivity index (χ1) is 27.6. The van der Waals surface area contributed by atoms with E-state index in [0.717, 1.165) is 70.8 Å². The lowest BCUT2D eigenvalue weighted by atomic mass is 9.84. The summed E-state index contributed by atoms with van der Waals surface area (Å²) in [5, 5.41) is 23.2. The second-order valence-electron chi connectivity index (χ2n) is 13.0. The van der Waals surface area contributed by atoms with Crippen LogP contribution in [0.2, 0.25) is 0 Å². The molecule has 20 heteroatoms. The van der Waals surface area contributed by atoms with Crippen LogP contribution in [0.25, 0.3) is 21.8 Å². The fraction of sp³-hybridized carbons (Fsp3) is 0.0526. The Labute approximate surface area is 328 Å². The van der Waals surface area contributed by atoms with Crippen LogP contribution in [-0.2, 0) is 20.0 Å². The lowest BCUT2D eigenvalue weighted by Gasteiger charge is -2.18. The number of non-ortho nitro benzene ring substituents is 2. The molecule has 7 aromatic rings. The van der Waals surface area contributed by atoms with Gasteiger partial charge in [0.2, 0.25) is 0 Å². The molecule has 0 spiro atoms. The number of carbonyl (C=O) groups excluding carboxylic acids is 2. The average Bonchev–Trinajstić information content (AvgIpc) is 3.84. The van der Waals surface area contributed by atoms with Gasteiger partial charge in [0, 0.05) is 75.5 Å². The average molecular weight is 823 g/mol. The number of carbonyl (C=O) groups is 2. The van der Waals surface area contributed by atoms with Crippen molar-refractivity contribution < 1.29 is 36.3 Å². The quantitative estimate of drug-likeness (QED) is 0.0654. The smallest absolute Gasteiger partial charge is 0.269 e. The number of aromatic amines is 2. The summed E-state index contributed by atoms with van der Waals surface area (Å²) in [5.41, 5.74) is 8.63. The topological polar surface area (TPSA) is 268 Å². The molecule has 0 bridgehead atoms. The number of sulfonamides is 2. The largest absolute Gasteiger partial charge is 0.361 e. The fourth-order valence-electron chi connectivity index (χ4n) is 6.31. The van der Waals surface area contributed by atoms with E-state index in [2.05, 4.69) is 20.8 Å². The Morgan fingerprint density at radius 1 is 0.586 bits per heavy atom. The molecule has 0 unspecified atom stereocenters.